The van der Waals surface area contributed by atoms with Crippen molar-refractivity contribution in [2.75, 3.05) is 12.4 Å². The zero-order chi connectivity index (χ0) is 17.4. The maximum Gasteiger partial charge on any atom is 0.305 e. The van der Waals surface area contributed by atoms with Gasteiger partial charge < -0.3 is 21.1 Å². The zero-order valence-corrected chi connectivity index (χ0v) is 12.9. The summed E-state index contributed by atoms with van der Waals surface area (Å²) in [4.78, 5) is 46.0. The first-order valence-corrected chi connectivity index (χ1v) is 6.88. The van der Waals surface area contributed by atoms with Gasteiger partial charge in [-0.05, 0) is 18.6 Å². The number of nitrogens with two attached hydrogens (primary N) is 1. The van der Waals surface area contributed by atoms with Crippen molar-refractivity contribution in [3.63, 3.8) is 0 Å². The fraction of sp³-hybridized carbons (Fsp3) is 0.333. The third kappa shape index (κ3) is 5.77. The molecule has 0 aliphatic rings. The van der Waals surface area contributed by atoms with E-state index in [9.17, 15) is 19.2 Å². The molecule has 1 rings (SSSR count). The third-order valence-corrected chi connectivity index (χ3v) is 3.00. The molecule has 0 spiro atoms. The Morgan fingerprint density at radius 3 is 2.43 bits per heavy atom. The molecular formula is C15H19N3O5. The van der Waals surface area contributed by atoms with Crippen LogP contribution in [-0.2, 0) is 19.1 Å². The Balaban J connectivity index is 2.85. The lowest BCUT2D eigenvalue weighted by Crippen LogP contribution is -2.44. The molecule has 1 atom stereocenters. The minimum absolute atomic E-state index is 0.0239. The number of hydrogen-bond donors (Lipinski definition) is 3. The summed E-state index contributed by atoms with van der Waals surface area (Å²) in [5.74, 6) is -2.19. The van der Waals surface area contributed by atoms with E-state index in [0.29, 0.717) is 5.69 Å². The Bertz CT molecular complexity index is 615. The van der Waals surface area contributed by atoms with Crippen LogP contribution in [-0.4, -0.2) is 36.8 Å². The first-order chi connectivity index (χ1) is 10.8. The molecule has 1 aromatic rings. The first-order valence-electron chi connectivity index (χ1n) is 6.88. The Kier molecular flexibility index (Phi) is 6.72. The van der Waals surface area contributed by atoms with Crippen molar-refractivity contribution >= 4 is 29.4 Å². The predicted molar refractivity (Wildman–Crippen MR) is 82.4 cm³/mol. The first kappa shape index (κ1) is 18.1. The summed E-state index contributed by atoms with van der Waals surface area (Å²) in [5.41, 5.74) is 5.73. The van der Waals surface area contributed by atoms with E-state index in [1.807, 2.05) is 0 Å². The van der Waals surface area contributed by atoms with E-state index in [2.05, 4.69) is 15.4 Å². The van der Waals surface area contributed by atoms with E-state index in [-0.39, 0.29) is 24.3 Å². The number of methoxy groups -OCH3 is 1. The Morgan fingerprint density at radius 2 is 1.87 bits per heavy atom. The largest absolute Gasteiger partial charge is 0.469 e. The van der Waals surface area contributed by atoms with Crippen molar-refractivity contribution in [3.8, 4) is 0 Å². The summed E-state index contributed by atoms with van der Waals surface area (Å²) in [6.45, 7) is 1.32. The van der Waals surface area contributed by atoms with Gasteiger partial charge in [0.2, 0.25) is 11.8 Å². The number of nitrogens with one attached hydrogen (secondary N) is 2. The second-order valence-electron chi connectivity index (χ2n) is 4.77. The molecule has 4 N–H and O–H groups in total. The van der Waals surface area contributed by atoms with E-state index in [4.69, 9.17) is 5.73 Å². The van der Waals surface area contributed by atoms with Crippen LogP contribution in [0.15, 0.2) is 24.3 Å². The molecule has 0 bridgehead atoms. The fourth-order valence-electron chi connectivity index (χ4n) is 1.87. The Morgan fingerprint density at radius 1 is 1.22 bits per heavy atom. The number of ether oxygens (including phenoxy) is 1. The number of carbonyl (C=O) groups excluding carboxylic acids is 4. The molecule has 0 aromatic heterocycles. The summed E-state index contributed by atoms with van der Waals surface area (Å²) in [5, 5.41) is 4.98. The van der Waals surface area contributed by atoms with Crippen molar-refractivity contribution in [1.82, 2.24) is 5.32 Å². The highest BCUT2D eigenvalue weighted by atomic mass is 16.5. The highest BCUT2D eigenvalue weighted by Crippen LogP contribution is 2.15. The smallest absolute Gasteiger partial charge is 0.305 e. The van der Waals surface area contributed by atoms with Crippen molar-refractivity contribution in [3.05, 3.63) is 29.8 Å². The highest BCUT2D eigenvalue weighted by molar-refractivity contribution is 6.04. The SMILES string of the molecule is COC(=O)CC[C@@H](NC(=O)c1ccccc1NC(C)=O)C(N)=O. The molecule has 8 nitrogen and oxygen atoms in total. The van der Waals surface area contributed by atoms with Gasteiger partial charge in [0.15, 0.2) is 0 Å². The molecule has 0 aliphatic heterocycles. The number of anilines is 1. The average Bonchev–Trinajstić information content (AvgIpc) is 2.50. The quantitative estimate of drug-likeness (QED) is 0.617. The lowest BCUT2D eigenvalue weighted by atomic mass is 10.1. The monoisotopic (exact) mass is 321 g/mol. The van der Waals surface area contributed by atoms with Crippen LogP contribution >= 0.6 is 0 Å². The maximum absolute atomic E-state index is 12.3. The molecule has 0 aliphatic carbocycles. The zero-order valence-electron chi connectivity index (χ0n) is 12.9. The second kappa shape index (κ2) is 8.52. The molecule has 1 aromatic carbocycles. The molecule has 0 saturated carbocycles. The number of primary amides is 1. The number of benzene rings is 1. The molecule has 0 heterocycles. The normalized spacial score (nSPS) is 11.2. The molecule has 0 radical (unpaired) electrons. The van der Waals surface area contributed by atoms with Crippen LogP contribution in [0.1, 0.15) is 30.1 Å². The topological polar surface area (TPSA) is 128 Å². The molecule has 0 unspecified atom stereocenters. The Labute approximate surface area is 133 Å². The summed E-state index contributed by atoms with van der Waals surface area (Å²) in [6, 6.07) is 5.31. The predicted octanol–water partition coefficient (Wildman–Crippen LogP) is 0.182. The fourth-order valence-corrected chi connectivity index (χ4v) is 1.87. The number of rotatable bonds is 7. The van der Waals surface area contributed by atoms with Crippen molar-refractivity contribution in [2.24, 2.45) is 5.73 Å². The standard InChI is InChI=1S/C15H19N3O5/c1-9(19)17-11-6-4-3-5-10(11)15(22)18-12(14(16)21)7-8-13(20)23-2/h3-6,12H,7-8H2,1-2H3,(H2,16,21)(H,17,19)(H,18,22)/t12-/m1/s1. The van der Waals surface area contributed by atoms with Gasteiger partial charge in [0.1, 0.15) is 6.04 Å². The minimum atomic E-state index is -1.02. The summed E-state index contributed by atoms with van der Waals surface area (Å²) in [6.07, 6.45) is -0.0339. The maximum atomic E-state index is 12.3. The number of para-hydroxylation sites is 1. The van der Waals surface area contributed by atoms with Crippen LogP contribution in [0.4, 0.5) is 5.69 Å². The second-order valence-corrected chi connectivity index (χ2v) is 4.77. The van der Waals surface area contributed by atoms with Crippen molar-refractivity contribution in [2.45, 2.75) is 25.8 Å². The summed E-state index contributed by atoms with van der Waals surface area (Å²) < 4.78 is 4.48. The van der Waals surface area contributed by atoms with Crippen molar-refractivity contribution in [1.29, 1.82) is 0 Å². The van der Waals surface area contributed by atoms with Gasteiger partial charge in [-0.3, -0.25) is 19.2 Å². The molecule has 8 heteroatoms. The Hall–Kier alpha value is -2.90. The molecule has 0 fully saturated rings. The van der Waals surface area contributed by atoms with Gasteiger partial charge in [-0.15, -0.1) is 0 Å². The van der Waals surface area contributed by atoms with E-state index in [1.54, 1.807) is 18.2 Å². The van der Waals surface area contributed by atoms with Gasteiger partial charge in [0.25, 0.3) is 5.91 Å². The van der Waals surface area contributed by atoms with E-state index in [0.717, 1.165) is 0 Å². The average molecular weight is 321 g/mol. The molecule has 124 valence electrons. The van der Waals surface area contributed by atoms with Gasteiger partial charge in [0.05, 0.1) is 18.4 Å². The summed E-state index contributed by atoms with van der Waals surface area (Å²) >= 11 is 0. The molecule has 23 heavy (non-hydrogen) atoms. The van der Waals surface area contributed by atoms with E-state index >= 15 is 0 Å². The lowest BCUT2D eigenvalue weighted by Gasteiger charge is -2.16. The van der Waals surface area contributed by atoms with Gasteiger partial charge in [0, 0.05) is 13.3 Å². The lowest BCUT2D eigenvalue weighted by molar-refractivity contribution is -0.140. The van der Waals surface area contributed by atoms with Gasteiger partial charge >= 0.3 is 5.97 Å². The van der Waals surface area contributed by atoms with Gasteiger partial charge in [-0.1, -0.05) is 12.1 Å². The number of carbonyl (C=O) groups is 4. The van der Waals surface area contributed by atoms with Crippen LogP contribution in [0.5, 0.6) is 0 Å². The molecule has 0 saturated heterocycles. The number of esters is 1. The number of hydrogen-bond acceptors (Lipinski definition) is 5. The minimum Gasteiger partial charge on any atom is -0.469 e. The van der Waals surface area contributed by atoms with Gasteiger partial charge in [-0.25, -0.2) is 0 Å². The van der Waals surface area contributed by atoms with Crippen molar-refractivity contribution < 1.29 is 23.9 Å². The van der Waals surface area contributed by atoms with Crippen LogP contribution < -0.4 is 16.4 Å². The highest BCUT2D eigenvalue weighted by Gasteiger charge is 2.21. The van der Waals surface area contributed by atoms with E-state index < -0.39 is 23.8 Å². The van der Waals surface area contributed by atoms with Crippen LogP contribution in [0.3, 0.4) is 0 Å². The molecule has 3 amide bonds. The van der Waals surface area contributed by atoms with Crippen LogP contribution in [0.2, 0.25) is 0 Å². The molecular weight excluding hydrogens is 302 g/mol. The third-order valence-electron chi connectivity index (χ3n) is 3.00. The van der Waals surface area contributed by atoms with Crippen LogP contribution in [0, 0.1) is 0 Å². The van der Waals surface area contributed by atoms with E-state index in [1.165, 1.54) is 20.1 Å². The summed E-state index contributed by atoms with van der Waals surface area (Å²) in [7, 11) is 1.23. The van der Waals surface area contributed by atoms with Gasteiger partial charge in [-0.2, -0.15) is 0 Å². The van der Waals surface area contributed by atoms with Crippen LogP contribution in [0.25, 0.3) is 0 Å². The number of amides is 3.